The molecule has 1 fully saturated rings. The average molecular weight is 587 g/mol. The van der Waals surface area contributed by atoms with Crippen LogP contribution in [0.15, 0.2) is 82.0 Å². The first-order chi connectivity index (χ1) is 17.7. The summed E-state index contributed by atoms with van der Waals surface area (Å²) in [6, 6.07) is 10.7. The third kappa shape index (κ3) is 15.4. The highest BCUT2D eigenvalue weighted by Gasteiger charge is 2.17. The maximum atomic E-state index is 4.10. The van der Waals surface area contributed by atoms with E-state index in [0.29, 0.717) is 0 Å². The molecule has 0 N–H and O–H groups in total. The summed E-state index contributed by atoms with van der Waals surface area (Å²) < 4.78 is 1.09. The predicted molar refractivity (Wildman–Crippen MR) is 176 cm³/mol. The number of thiophene rings is 1. The van der Waals surface area contributed by atoms with Crippen LogP contribution in [0.1, 0.15) is 91.3 Å². The molecule has 2 aromatic rings. The lowest BCUT2D eigenvalue weighted by Gasteiger charge is -2.31. The fraction of sp³-hybridized carbons (Fsp3) is 0.471. The van der Waals surface area contributed by atoms with Crippen molar-refractivity contribution in [3.63, 3.8) is 0 Å². The molecule has 0 aliphatic carbocycles. The molecule has 1 aliphatic heterocycles. The Morgan fingerprint density at radius 3 is 2.11 bits per heavy atom. The van der Waals surface area contributed by atoms with Crippen molar-refractivity contribution in [2.24, 2.45) is 5.92 Å². The van der Waals surface area contributed by atoms with Crippen LogP contribution in [-0.4, -0.2) is 18.0 Å². The molecule has 0 atom stereocenters. The first-order valence-electron chi connectivity index (χ1n) is 13.8. The van der Waals surface area contributed by atoms with Crippen molar-refractivity contribution in [2.45, 2.75) is 87.6 Å². The van der Waals surface area contributed by atoms with Crippen LogP contribution in [0.25, 0.3) is 5.57 Å². The lowest BCUT2D eigenvalue weighted by atomic mass is 9.94. The van der Waals surface area contributed by atoms with E-state index in [4.69, 9.17) is 0 Å². The van der Waals surface area contributed by atoms with E-state index in [1.165, 1.54) is 66.7 Å². The molecule has 1 aromatic heterocycles. The Morgan fingerprint density at radius 1 is 1.05 bits per heavy atom. The Hall–Kier alpha value is -1.68. The van der Waals surface area contributed by atoms with E-state index in [2.05, 4.69) is 109 Å². The van der Waals surface area contributed by atoms with Gasteiger partial charge in [0.1, 0.15) is 0 Å². The monoisotopic (exact) mass is 585 g/mol. The van der Waals surface area contributed by atoms with E-state index in [-0.39, 0.29) is 0 Å². The van der Waals surface area contributed by atoms with Crippen LogP contribution in [0.5, 0.6) is 0 Å². The van der Waals surface area contributed by atoms with E-state index in [9.17, 15) is 0 Å². The van der Waals surface area contributed by atoms with Gasteiger partial charge in [-0.1, -0.05) is 111 Å². The van der Waals surface area contributed by atoms with E-state index in [0.717, 1.165) is 22.4 Å². The number of allylic oxidation sites excluding steroid dienone is 6. The summed E-state index contributed by atoms with van der Waals surface area (Å²) in [5.41, 5.74) is 7.80. The fourth-order valence-electron chi connectivity index (χ4n) is 3.97. The molecule has 0 unspecified atom stereocenters. The molecule has 1 aromatic carbocycles. The van der Waals surface area contributed by atoms with Gasteiger partial charge in [-0.2, -0.15) is 11.3 Å². The average Bonchev–Trinajstić information content (AvgIpc) is 3.43. The Morgan fingerprint density at radius 2 is 1.68 bits per heavy atom. The number of hydrogen-bond donors (Lipinski definition) is 0. The standard InChI is InChI=1S/C14H18.C12H19NS.C6H9Br.C2H6/c1-5-13-8-6-7-9-14(13)12(4)10-11(2)3;1-2-11-3-6-13(7-4-11)9-12-5-8-14-10-12;1-4-6(7)5(2)3;1-2/h6-10H,4-5H2,1-3H3;5,8,10-11H,2-4,6-7,9H2,1H3;4H,1H2,2-3H3;1-2H3. The first kappa shape index (κ1) is 35.3. The molecule has 0 spiro atoms. The molecule has 0 saturated carbocycles. The number of likely N-dealkylation sites (tertiary alicyclic amines) is 1. The van der Waals surface area contributed by atoms with Crippen molar-refractivity contribution in [1.82, 2.24) is 4.90 Å². The Balaban J connectivity index is 0.000000536. The summed E-state index contributed by atoms with van der Waals surface area (Å²) in [7, 11) is 0. The molecule has 206 valence electrons. The zero-order valence-electron chi connectivity index (χ0n) is 24.9. The van der Waals surface area contributed by atoms with Gasteiger partial charge in [-0.3, -0.25) is 4.90 Å². The van der Waals surface area contributed by atoms with E-state index in [1.54, 1.807) is 17.4 Å². The number of rotatable bonds is 7. The van der Waals surface area contributed by atoms with Crippen molar-refractivity contribution in [2.75, 3.05) is 13.1 Å². The van der Waals surface area contributed by atoms with Crippen LogP contribution in [0.2, 0.25) is 0 Å². The Bertz CT molecular complexity index is 936. The van der Waals surface area contributed by atoms with Gasteiger partial charge in [0.05, 0.1) is 0 Å². The predicted octanol–water partition coefficient (Wildman–Crippen LogP) is 11.5. The Kier molecular flexibility index (Phi) is 20.3. The molecule has 3 heteroatoms. The van der Waals surface area contributed by atoms with Gasteiger partial charge in [-0.05, 0) is 105 Å². The summed E-state index contributed by atoms with van der Waals surface area (Å²) in [5.74, 6) is 0.994. The highest BCUT2D eigenvalue weighted by atomic mass is 79.9. The minimum atomic E-state index is 0.994. The number of halogens is 1. The molecule has 3 rings (SSSR count). The van der Waals surface area contributed by atoms with Crippen molar-refractivity contribution >= 4 is 32.8 Å². The summed E-state index contributed by atoms with van der Waals surface area (Å²) in [5, 5.41) is 4.44. The van der Waals surface area contributed by atoms with Gasteiger partial charge < -0.3 is 0 Å². The van der Waals surface area contributed by atoms with Crippen molar-refractivity contribution in [3.05, 3.63) is 98.7 Å². The van der Waals surface area contributed by atoms with Gasteiger partial charge in [0.15, 0.2) is 0 Å². The molecule has 1 nitrogen and oxygen atoms in total. The fourth-order valence-corrected chi connectivity index (χ4v) is 4.63. The highest BCUT2D eigenvalue weighted by molar-refractivity contribution is 9.11. The third-order valence-electron chi connectivity index (χ3n) is 6.13. The van der Waals surface area contributed by atoms with Gasteiger partial charge in [-0.25, -0.2) is 0 Å². The molecule has 1 saturated heterocycles. The largest absolute Gasteiger partial charge is 0.299 e. The van der Waals surface area contributed by atoms with Crippen molar-refractivity contribution in [1.29, 1.82) is 0 Å². The molecule has 0 bridgehead atoms. The van der Waals surface area contributed by atoms with Gasteiger partial charge in [0, 0.05) is 11.0 Å². The van der Waals surface area contributed by atoms with Gasteiger partial charge in [-0.15, -0.1) is 0 Å². The van der Waals surface area contributed by atoms with Crippen LogP contribution in [0, 0.1) is 5.92 Å². The van der Waals surface area contributed by atoms with Crippen LogP contribution in [0.4, 0.5) is 0 Å². The van der Waals surface area contributed by atoms with Crippen molar-refractivity contribution in [3.8, 4) is 0 Å². The number of piperidine rings is 1. The highest BCUT2D eigenvalue weighted by Crippen LogP contribution is 2.22. The second-order valence-electron chi connectivity index (χ2n) is 9.57. The summed E-state index contributed by atoms with van der Waals surface area (Å²) in [6.07, 6.45) is 9.16. The number of nitrogens with zero attached hydrogens (tertiary/aromatic N) is 1. The zero-order valence-corrected chi connectivity index (χ0v) is 27.3. The van der Waals surface area contributed by atoms with Crippen LogP contribution < -0.4 is 0 Å². The maximum Gasteiger partial charge on any atom is 0.0241 e. The number of benzene rings is 1. The van der Waals surface area contributed by atoms with E-state index < -0.39 is 0 Å². The quantitative estimate of drug-likeness (QED) is 0.292. The first-order valence-corrected chi connectivity index (χ1v) is 15.6. The van der Waals surface area contributed by atoms with E-state index in [1.807, 2.05) is 27.7 Å². The van der Waals surface area contributed by atoms with Crippen molar-refractivity contribution < 1.29 is 0 Å². The molecule has 0 radical (unpaired) electrons. The second kappa shape index (κ2) is 21.3. The molecule has 0 amide bonds. The van der Waals surface area contributed by atoms with Gasteiger partial charge in [0.25, 0.3) is 0 Å². The third-order valence-corrected chi connectivity index (χ3v) is 7.98. The molecular weight excluding hydrogens is 534 g/mol. The number of aryl methyl sites for hydroxylation is 1. The smallest absolute Gasteiger partial charge is 0.0241 e. The summed E-state index contributed by atoms with van der Waals surface area (Å²) >= 11 is 5.11. The molecule has 2 heterocycles. The summed E-state index contributed by atoms with van der Waals surface area (Å²) in [4.78, 5) is 2.59. The minimum absolute atomic E-state index is 0.994. The summed E-state index contributed by atoms with van der Waals surface area (Å²) in [6.45, 7) is 28.2. The van der Waals surface area contributed by atoms with Crippen LogP contribution >= 0.6 is 27.3 Å². The van der Waals surface area contributed by atoms with Crippen LogP contribution in [-0.2, 0) is 13.0 Å². The minimum Gasteiger partial charge on any atom is -0.299 e. The molecule has 37 heavy (non-hydrogen) atoms. The lowest BCUT2D eigenvalue weighted by Crippen LogP contribution is -2.32. The molecule has 1 aliphatic rings. The zero-order chi connectivity index (χ0) is 28.2. The maximum absolute atomic E-state index is 4.10. The van der Waals surface area contributed by atoms with Gasteiger partial charge >= 0.3 is 0 Å². The molecular formula is C34H52BrNS. The topological polar surface area (TPSA) is 3.24 Å². The lowest BCUT2D eigenvalue weighted by molar-refractivity contribution is 0.175. The normalized spacial score (nSPS) is 12.9. The van der Waals surface area contributed by atoms with Crippen LogP contribution in [0.3, 0.4) is 0 Å². The van der Waals surface area contributed by atoms with E-state index >= 15 is 0 Å². The van der Waals surface area contributed by atoms with Gasteiger partial charge in [0.2, 0.25) is 0 Å². The SMILES string of the molecule is C=C(C=C(C)C)c1ccccc1CC.C=CC(Br)=C(C)C.CC.CCC1CCN(Cc2ccsc2)CC1. The second-order valence-corrected chi connectivity index (χ2v) is 11.2. The number of hydrogen-bond acceptors (Lipinski definition) is 2. The Labute approximate surface area is 242 Å².